The second kappa shape index (κ2) is 4.91. The van der Waals surface area contributed by atoms with E-state index < -0.39 is 29.0 Å². The highest BCUT2D eigenvalue weighted by Crippen LogP contribution is 2.19. The highest BCUT2D eigenvalue weighted by Gasteiger charge is 2.15. The van der Waals surface area contributed by atoms with Crippen molar-refractivity contribution in [3.63, 3.8) is 0 Å². The normalized spacial score (nSPS) is 10.4. The molecule has 0 atom stereocenters. The summed E-state index contributed by atoms with van der Waals surface area (Å²) in [5.74, 6) is -5.01. The summed E-state index contributed by atoms with van der Waals surface area (Å²) in [5.41, 5.74) is -0.0853. The minimum absolute atomic E-state index is 0.158. The van der Waals surface area contributed by atoms with E-state index in [1.807, 2.05) is 0 Å². The topological polar surface area (TPSA) is 55.1 Å². The first-order chi connectivity index (χ1) is 8.58. The van der Waals surface area contributed by atoms with E-state index in [0.717, 1.165) is 12.1 Å². The lowest BCUT2D eigenvalue weighted by Crippen LogP contribution is -2.16. The molecule has 1 aromatic carbocycles. The summed E-state index contributed by atoms with van der Waals surface area (Å²) in [6.07, 6.45) is 1.12. The van der Waals surface area contributed by atoms with Gasteiger partial charge in [0, 0.05) is 6.07 Å². The zero-order valence-corrected chi connectivity index (χ0v) is 8.91. The summed E-state index contributed by atoms with van der Waals surface area (Å²) >= 11 is 0. The molecule has 0 saturated heterocycles. The van der Waals surface area contributed by atoms with Gasteiger partial charge in [-0.3, -0.25) is 4.79 Å². The lowest BCUT2D eigenvalue weighted by Gasteiger charge is -2.06. The molecule has 0 fully saturated rings. The predicted molar refractivity (Wildman–Crippen MR) is 55.2 cm³/mol. The van der Waals surface area contributed by atoms with Crippen molar-refractivity contribution in [2.24, 2.45) is 0 Å². The molecule has 0 aliphatic rings. The lowest BCUT2D eigenvalue weighted by atomic mass is 10.2. The zero-order chi connectivity index (χ0) is 13.1. The molecule has 0 spiro atoms. The summed E-state index contributed by atoms with van der Waals surface area (Å²) in [5, 5.41) is 5.60. The van der Waals surface area contributed by atoms with Gasteiger partial charge in [-0.05, 0) is 12.1 Å². The summed E-state index contributed by atoms with van der Waals surface area (Å²) in [6, 6.07) is 3.12. The molecular weight excluding hydrogens is 249 g/mol. The smallest absolute Gasteiger partial charge is 0.230 e. The number of anilines is 1. The number of amides is 1. The van der Waals surface area contributed by atoms with E-state index in [2.05, 4.69) is 15.0 Å². The number of hydrogen-bond donors (Lipinski definition) is 1. The summed E-state index contributed by atoms with van der Waals surface area (Å²) in [6.45, 7) is 0. The average molecular weight is 256 g/mol. The van der Waals surface area contributed by atoms with Crippen LogP contribution in [0.4, 0.5) is 18.9 Å². The van der Waals surface area contributed by atoms with E-state index in [1.54, 1.807) is 0 Å². The van der Waals surface area contributed by atoms with E-state index in [0.29, 0.717) is 5.69 Å². The molecule has 2 rings (SSSR count). The van der Waals surface area contributed by atoms with Crippen molar-refractivity contribution in [1.82, 2.24) is 5.16 Å². The molecule has 0 aliphatic heterocycles. The van der Waals surface area contributed by atoms with Crippen LogP contribution in [0.2, 0.25) is 0 Å². The maximum absolute atomic E-state index is 13.2. The second-order valence-corrected chi connectivity index (χ2v) is 3.44. The number of carbonyl (C=O) groups excluding carboxylic acids is 1. The number of halogens is 3. The quantitative estimate of drug-likeness (QED) is 0.857. The van der Waals surface area contributed by atoms with E-state index in [-0.39, 0.29) is 6.42 Å². The number of benzene rings is 1. The largest absolute Gasteiger partial charge is 0.364 e. The Morgan fingerprint density at radius 2 is 2.00 bits per heavy atom. The third kappa shape index (κ3) is 2.50. The first-order valence-corrected chi connectivity index (χ1v) is 4.90. The van der Waals surface area contributed by atoms with Gasteiger partial charge in [-0.1, -0.05) is 5.16 Å². The molecule has 0 unspecified atom stereocenters. The Morgan fingerprint density at radius 3 is 2.67 bits per heavy atom. The van der Waals surface area contributed by atoms with Gasteiger partial charge in [0.15, 0.2) is 17.5 Å². The minimum atomic E-state index is -1.63. The van der Waals surface area contributed by atoms with Gasteiger partial charge in [0.05, 0.1) is 17.8 Å². The Balaban J connectivity index is 2.10. The van der Waals surface area contributed by atoms with Crippen molar-refractivity contribution in [1.29, 1.82) is 0 Å². The Hall–Kier alpha value is -2.31. The Morgan fingerprint density at radius 1 is 1.22 bits per heavy atom. The van der Waals surface area contributed by atoms with E-state index in [9.17, 15) is 18.0 Å². The molecule has 1 heterocycles. The van der Waals surface area contributed by atoms with Gasteiger partial charge in [-0.2, -0.15) is 0 Å². The molecule has 0 saturated carbocycles. The molecule has 1 aromatic heterocycles. The van der Waals surface area contributed by atoms with Crippen LogP contribution in [0, 0.1) is 17.5 Å². The van der Waals surface area contributed by atoms with E-state index in [4.69, 9.17) is 0 Å². The first-order valence-electron chi connectivity index (χ1n) is 4.90. The van der Waals surface area contributed by atoms with Crippen LogP contribution in [0.5, 0.6) is 0 Å². The molecule has 0 bridgehead atoms. The van der Waals surface area contributed by atoms with Crippen LogP contribution in [0.15, 0.2) is 29.0 Å². The molecule has 94 valence electrons. The standard InChI is InChI=1S/C11H7F3N2O2/c12-7-1-2-8(11(14)10(7)13)15-9(17)5-6-3-4-18-16-6/h1-4H,5H2,(H,15,17). The molecule has 1 amide bonds. The van der Waals surface area contributed by atoms with Crippen LogP contribution in [-0.4, -0.2) is 11.1 Å². The van der Waals surface area contributed by atoms with Gasteiger partial charge in [0.25, 0.3) is 0 Å². The van der Waals surface area contributed by atoms with Gasteiger partial charge in [-0.15, -0.1) is 0 Å². The van der Waals surface area contributed by atoms with Crippen LogP contribution in [0.1, 0.15) is 5.69 Å². The van der Waals surface area contributed by atoms with Crippen molar-refractivity contribution < 1.29 is 22.5 Å². The Labute approximate surface area is 99.4 Å². The van der Waals surface area contributed by atoms with Crippen molar-refractivity contribution >= 4 is 11.6 Å². The van der Waals surface area contributed by atoms with Crippen LogP contribution in [-0.2, 0) is 11.2 Å². The monoisotopic (exact) mass is 256 g/mol. The van der Waals surface area contributed by atoms with Crippen molar-refractivity contribution in [3.8, 4) is 0 Å². The van der Waals surface area contributed by atoms with Gasteiger partial charge in [0.1, 0.15) is 6.26 Å². The molecular formula is C11H7F3N2O2. The van der Waals surface area contributed by atoms with Crippen molar-refractivity contribution in [3.05, 3.63) is 47.6 Å². The number of hydrogen-bond acceptors (Lipinski definition) is 3. The minimum Gasteiger partial charge on any atom is -0.364 e. The lowest BCUT2D eigenvalue weighted by molar-refractivity contribution is -0.115. The molecule has 1 N–H and O–H groups in total. The van der Waals surface area contributed by atoms with Crippen LogP contribution in [0.3, 0.4) is 0 Å². The molecule has 4 nitrogen and oxygen atoms in total. The highest BCUT2D eigenvalue weighted by molar-refractivity contribution is 5.92. The third-order valence-corrected chi connectivity index (χ3v) is 2.14. The number of nitrogens with one attached hydrogen (secondary N) is 1. The van der Waals surface area contributed by atoms with Crippen molar-refractivity contribution in [2.45, 2.75) is 6.42 Å². The average Bonchev–Trinajstić information content (AvgIpc) is 2.83. The van der Waals surface area contributed by atoms with Gasteiger partial charge < -0.3 is 9.84 Å². The summed E-state index contributed by atoms with van der Waals surface area (Å²) in [7, 11) is 0. The maximum atomic E-state index is 13.2. The fraction of sp³-hybridized carbons (Fsp3) is 0.0909. The molecule has 0 aliphatic carbocycles. The molecule has 0 radical (unpaired) electrons. The summed E-state index contributed by atoms with van der Waals surface area (Å²) < 4.78 is 43.3. The SMILES string of the molecule is O=C(Cc1ccon1)Nc1ccc(F)c(F)c1F. The van der Waals surface area contributed by atoms with Crippen molar-refractivity contribution in [2.75, 3.05) is 5.32 Å². The van der Waals surface area contributed by atoms with Gasteiger partial charge >= 0.3 is 0 Å². The zero-order valence-electron chi connectivity index (χ0n) is 8.91. The Bertz CT molecular complexity index is 570. The number of rotatable bonds is 3. The second-order valence-electron chi connectivity index (χ2n) is 3.44. The molecule has 18 heavy (non-hydrogen) atoms. The fourth-order valence-electron chi connectivity index (χ4n) is 1.31. The van der Waals surface area contributed by atoms with Gasteiger partial charge in [-0.25, -0.2) is 13.2 Å². The molecule has 2 aromatic rings. The number of nitrogens with zero attached hydrogens (tertiary/aromatic N) is 1. The van der Waals surface area contributed by atoms with E-state index >= 15 is 0 Å². The summed E-state index contributed by atoms with van der Waals surface area (Å²) in [4.78, 5) is 11.5. The highest BCUT2D eigenvalue weighted by atomic mass is 19.2. The predicted octanol–water partition coefficient (Wildman–Crippen LogP) is 2.27. The van der Waals surface area contributed by atoms with Crippen LogP contribution >= 0.6 is 0 Å². The third-order valence-electron chi connectivity index (χ3n) is 2.14. The fourth-order valence-corrected chi connectivity index (χ4v) is 1.31. The number of aromatic nitrogens is 1. The number of carbonyl (C=O) groups is 1. The van der Waals surface area contributed by atoms with E-state index in [1.165, 1.54) is 12.3 Å². The molecule has 7 heteroatoms. The Kier molecular flexibility index (Phi) is 3.31. The maximum Gasteiger partial charge on any atom is 0.230 e. The van der Waals surface area contributed by atoms with Gasteiger partial charge in [0.2, 0.25) is 5.91 Å². The van der Waals surface area contributed by atoms with Crippen LogP contribution < -0.4 is 5.32 Å². The first kappa shape index (κ1) is 12.2. The van der Waals surface area contributed by atoms with Crippen LogP contribution in [0.25, 0.3) is 0 Å².